The lowest BCUT2D eigenvalue weighted by molar-refractivity contribution is 0.189. The minimum atomic E-state index is 0.256. The molecule has 1 aromatic carbocycles. The monoisotopic (exact) mass is 239 g/mol. The molecule has 2 rings (SSSR count). The Morgan fingerprint density at radius 2 is 2.31 bits per heavy atom. The molecule has 3 heteroatoms. The van der Waals surface area contributed by atoms with E-state index in [2.05, 4.69) is 11.8 Å². The second-order valence-corrected chi connectivity index (χ2v) is 5.25. The van der Waals surface area contributed by atoms with Crippen LogP contribution in [0, 0.1) is 5.92 Å². The molecule has 1 heterocycles. The Bertz CT molecular complexity index is 356. The number of hydrogen-bond acceptors (Lipinski definition) is 2. The van der Waals surface area contributed by atoms with E-state index in [0.29, 0.717) is 11.7 Å². The maximum Gasteiger partial charge on any atom is 0.115 e. The number of phenolic OH excluding ortho intramolecular Hbond substituents is 1. The first-order valence-corrected chi connectivity index (χ1v) is 6.23. The van der Waals surface area contributed by atoms with Crippen LogP contribution in [0.25, 0.3) is 0 Å². The van der Waals surface area contributed by atoms with Gasteiger partial charge >= 0.3 is 0 Å². The average Bonchev–Trinajstić information content (AvgIpc) is 2.24. The fourth-order valence-electron chi connectivity index (χ4n) is 2.14. The molecule has 88 valence electrons. The molecule has 2 unspecified atom stereocenters. The van der Waals surface area contributed by atoms with Crippen molar-refractivity contribution in [3.05, 3.63) is 29.8 Å². The minimum Gasteiger partial charge on any atom is -0.508 e. The zero-order valence-electron chi connectivity index (χ0n) is 9.56. The van der Waals surface area contributed by atoms with Gasteiger partial charge < -0.3 is 5.11 Å². The number of alkyl halides is 1. The number of piperidine rings is 1. The first-order chi connectivity index (χ1) is 7.65. The van der Waals surface area contributed by atoms with Gasteiger partial charge in [-0.15, -0.1) is 11.6 Å². The summed E-state index contributed by atoms with van der Waals surface area (Å²) in [5, 5.41) is 9.65. The predicted molar refractivity (Wildman–Crippen MR) is 66.8 cm³/mol. The van der Waals surface area contributed by atoms with Crippen LogP contribution in [-0.2, 0) is 6.54 Å². The molecule has 1 aliphatic heterocycles. The Balaban J connectivity index is 1.95. The normalized spacial score (nSPS) is 26.9. The summed E-state index contributed by atoms with van der Waals surface area (Å²) >= 11 is 6.27. The molecule has 0 bridgehead atoms. The van der Waals surface area contributed by atoms with E-state index >= 15 is 0 Å². The maximum absolute atomic E-state index is 9.39. The molecule has 0 aromatic heterocycles. The van der Waals surface area contributed by atoms with Crippen LogP contribution < -0.4 is 0 Å². The van der Waals surface area contributed by atoms with Gasteiger partial charge in [0.1, 0.15) is 5.75 Å². The van der Waals surface area contributed by atoms with Crippen molar-refractivity contribution in [2.45, 2.75) is 25.3 Å². The number of nitrogens with zero attached hydrogens (tertiary/aromatic N) is 1. The minimum absolute atomic E-state index is 0.256. The van der Waals surface area contributed by atoms with Crippen molar-refractivity contribution < 1.29 is 5.11 Å². The van der Waals surface area contributed by atoms with Gasteiger partial charge in [0.05, 0.1) is 0 Å². The SMILES string of the molecule is CC1CCN(Cc2cccc(O)c2)CC1Cl. The summed E-state index contributed by atoms with van der Waals surface area (Å²) in [6, 6.07) is 7.45. The third-order valence-electron chi connectivity index (χ3n) is 3.27. The summed E-state index contributed by atoms with van der Waals surface area (Å²) < 4.78 is 0. The van der Waals surface area contributed by atoms with E-state index in [9.17, 15) is 5.11 Å². The van der Waals surface area contributed by atoms with Crippen molar-refractivity contribution in [2.24, 2.45) is 5.92 Å². The van der Waals surface area contributed by atoms with Crippen LogP contribution in [0.4, 0.5) is 0 Å². The third-order valence-corrected chi connectivity index (χ3v) is 3.84. The van der Waals surface area contributed by atoms with Gasteiger partial charge in [-0.25, -0.2) is 0 Å². The molecule has 1 fully saturated rings. The van der Waals surface area contributed by atoms with Crippen molar-refractivity contribution in [2.75, 3.05) is 13.1 Å². The van der Waals surface area contributed by atoms with Crippen LogP contribution in [0.2, 0.25) is 0 Å². The van der Waals surface area contributed by atoms with Crippen molar-refractivity contribution in [3.63, 3.8) is 0 Å². The maximum atomic E-state index is 9.39. The quantitative estimate of drug-likeness (QED) is 0.803. The third kappa shape index (κ3) is 2.89. The Labute approximate surface area is 102 Å². The zero-order valence-corrected chi connectivity index (χ0v) is 10.3. The van der Waals surface area contributed by atoms with Crippen LogP contribution in [-0.4, -0.2) is 28.5 Å². The number of halogens is 1. The largest absolute Gasteiger partial charge is 0.508 e. The smallest absolute Gasteiger partial charge is 0.115 e. The number of benzene rings is 1. The van der Waals surface area contributed by atoms with Crippen LogP contribution in [0.3, 0.4) is 0 Å². The topological polar surface area (TPSA) is 23.5 Å². The second kappa shape index (κ2) is 5.07. The molecule has 0 spiro atoms. The van der Waals surface area contributed by atoms with Gasteiger partial charge in [0.25, 0.3) is 0 Å². The highest BCUT2D eigenvalue weighted by Crippen LogP contribution is 2.23. The van der Waals surface area contributed by atoms with Crippen LogP contribution in [0.1, 0.15) is 18.9 Å². The number of rotatable bonds is 2. The molecule has 0 saturated carbocycles. The Morgan fingerprint density at radius 3 is 3.00 bits per heavy atom. The van der Waals surface area contributed by atoms with E-state index in [1.807, 2.05) is 18.2 Å². The molecule has 2 nitrogen and oxygen atoms in total. The van der Waals surface area contributed by atoms with E-state index < -0.39 is 0 Å². The molecule has 0 aliphatic carbocycles. The van der Waals surface area contributed by atoms with Gasteiger partial charge in [-0.3, -0.25) is 4.90 Å². The molecule has 0 amide bonds. The number of aromatic hydroxyl groups is 1. The van der Waals surface area contributed by atoms with Crippen molar-refractivity contribution >= 4 is 11.6 Å². The van der Waals surface area contributed by atoms with E-state index in [-0.39, 0.29) is 5.38 Å². The number of phenols is 1. The van der Waals surface area contributed by atoms with E-state index in [1.165, 1.54) is 0 Å². The summed E-state index contributed by atoms with van der Waals surface area (Å²) in [6.07, 6.45) is 1.16. The van der Waals surface area contributed by atoms with Gasteiger partial charge in [0, 0.05) is 18.5 Å². The van der Waals surface area contributed by atoms with Gasteiger partial charge in [0.15, 0.2) is 0 Å². The van der Waals surface area contributed by atoms with Gasteiger partial charge in [-0.05, 0) is 36.6 Å². The van der Waals surface area contributed by atoms with Crippen molar-refractivity contribution in [1.29, 1.82) is 0 Å². The molecule has 0 radical (unpaired) electrons. The molecule has 16 heavy (non-hydrogen) atoms. The Hall–Kier alpha value is -0.730. The molecular formula is C13H18ClNO. The highest BCUT2D eigenvalue weighted by atomic mass is 35.5. The van der Waals surface area contributed by atoms with Crippen molar-refractivity contribution in [1.82, 2.24) is 4.90 Å². The summed E-state index contributed by atoms with van der Waals surface area (Å²) in [5.41, 5.74) is 1.15. The molecule has 1 saturated heterocycles. The lowest BCUT2D eigenvalue weighted by Gasteiger charge is -2.33. The Kier molecular flexibility index (Phi) is 3.72. The molecule has 2 atom stereocenters. The molecule has 1 aromatic rings. The van der Waals surface area contributed by atoms with E-state index in [1.54, 1.807) is 6.07 Å². The number of hydrogen-bond donors (Lipinski definition) is 1. The Morgan fingerprint density at radius 1 is 1.50 bits per heavy atom. The van der Waals surface area contributed by atoms with E-state index in [0.717, 1.165) is 31.6 Å². The molecular weight excluding hydrogens is 222 g/mol. The number of likely N-dealkylation sites (tertiary alicyclic amines) is 1. The lowest BCUT2D eigenvalue weighted by Crippen LogP contribution is -2.39. The summed E-state index contributed by atoms with van der Waals surface area (Å²) in [4.78, 5) is 2.35. The average molecular weight is 240 g/mol. The standard InChI is InChI=1S/C13H18ClNO/c1-10-5-6-15(9-13(10)14)8-11-3-2-4-12(16)7-11/h2-4,7,10,13,16H,5-6,8-9H2,1H3. The first-order valence-electron chi connectivity index (χ1n) is 5.79. The van der Waals surface area contributed by atoms with E-state index in [4.69, 9.17) is 11.6 Å². The van der Waals surface area contributed by atoms with Crippen LogP contribution in [0.15, 0.2) is 24.3 Å². The second-order valence-electron chi connectivity index (χ2n) is 4.69. The van der Waals surface area contributed by atoms with Gasteiger partial charge in [-0.2, -0.15) is 0 Å². The van der Waals surface area contributed by atoms with Crippen LogP contribution >= 0.6 is 11.6 Å². The first kappa shape index (κ1) is 11.7. The fourth-order valence-corrected chi connectivity index (χ4v) is 2.46. The van der Waals surface area contributed by atoms with Gasteiger partial charge in [-0.1, -0.05) is 19.1 Å². The highest BCUT2D eigenvalue weighted by Gasteiger charge is 2.24. The van der Waals surface area contributed by atoms with Crippen LogP contribution in [0.5, 0.6) is 5.75 Å². The zero-order chi connectivity index (χ0) is 11.5. The van der Waals surface area contributed by atoms with Gasteiger partial charge in [0.2, 0.25) is 0 Å². The summed E-state index contributed by atoms with van der Waals surface area (Å²) in [6.45, 7) is 5.13. The lowest BCUT2D eigenvalue weighted by atomic mass is 9.98. The predicted octanol–water partition coefficient (Wildman–Crippen LogP) is 2.84. The van der Waals surface area contributed by atoms with Crippen molar-refractivity contribution in [3.8, 4) is 5.75 Å². The molecule has 1 N–H and O–H groups in total. The summed E-state index contributed by atoms with van der Waals surface area (Å²) in [5.74, 6) is 0.951. The highest BCUT2D eigenvalue weighted by molar-refractivity contribution is 6.21. The summed E-state index contributed by atoms with van der Waals surface area (Å²) in [7, 11) is 0. The molecule has 1 aliphatic rings. The fraction of sp³-hybridized carbons (Fsp3) is 0.538.